The summed E-state index contributed by atoms with van der Waals surface area (Å²) in [6.07, 6.45) is 5.00. The molecular weight excluding hydrogens is 320 g/mol. The molecule has 6 nitrogen and oxygen atoms in total. The SMILES string of the molecule is CCOc1ccc(NC(=O)[C@H](C)N2C(=O)[C@H]3CC=CC[C@@H]3C2=O)cc1. The van der Waals surface area contributed by atoms with Crippen molar-refractivity contribution in [1.82, 2.24) is 4.90 Å². The Morgan fingerprint density at radius 2 is 1.72 bits per heavy atom. The first-order chi connectivity index (χ1) is 12.0. The molecule has 1 aliphatic carbocycles. The molecule has 0 radical (unpaired) electrons. The fourth-order valence-corrected chi connectivity index (χ4v) is 3.37. The van der Waals surface area contributed by atoms with Gasteiger partial charge in [-0.05, 0) is 51.0 Å². The summed E-state index contributed by atoms with van der Waals surface area (Å²) in [5.74, 6) is -0.786. The second-order valence-corrected chi connectivity index (χ2v) is 6.32. The number of carbonyl (C=O) groups is 3. The van der Waals surface area contributed by atoms with Gasteiger partial charge in [0, 0.05) is 5.69 Å². The van der Waals surface area contributed by atoms with Crippen LogP contribution in [0.5, 0.6) is 5.75 Å². The first kappa shape index (κ1) is 17.2. The molecular formula is C19H22N2O4. The number of nitrogens with zero attached hydrogens (tertiary/aromatic N) is 1. The molecule has 1 fully saturated rings. The molecule has 0 unspecified atom stereocenters. The van der Waals surface area contributed by atoms with Gasteiger partial charge in [-0.15, -0.1) is 0 Å². The average Bonchev–Trinajstić information content (AvgIpc) is 2.87. The van der Waals surface area contributed by atoms with Crippen LogP contribution >= 0.6 is 0 Å². The highest BCUT2D eigenvalue weighted by Crippen LogP contribution is 2.36. The molecule has 2 aliphatic rings. The van der Waals surface area contributed by atoms with Crippen LogP contribution in [0.25, 0.3) is 0 Å². The number of carbonyl (C=O) groups excluding carboxylic acids is 3. The van der Waals surface area contributed by atoms with Crippen LogP contribution in [0.15, 0.2) is 36.4 Å². The summed E-state index contributed by atoms with van der Waals surface area (Å²) in [5.41, 5.74) is 0.596. The second kappa shape index (κ2) is 7.09. The minimum absolute atomic E-state index is 0.242. The largest absolute Gasteiger partial charge is 0.494 e. The number of imide groups is 1. The molecule has 3 amide bonds. The zero-order valence-electron chi connectivity index (χ0n) is 14.4. The first-order valence-electron chi connectivity index (χ1n) is 8.58. The molecule has 3 atom stereocenters. The van der Waals surface area contributed by atoms with Gasteiger partial charge in [0.15, 0.2) is 0 Å². The Morgan fingerprint density at radius 1 is 1.16 bits per heavy atom. The van der Waals surface area contributed by atoms with Crippen LogP contribution in [-0.4, -0.2) is 35.3 Å². The van der Waals surface area contributed by atoms with Crippen LogP contribution in [0.1, 0.15) is 26.7 Å². The Bertz CT molecular complexity index is 685. The summed E-state index contributed by atoms with van der Waals surface area (Å²) in [7, 11) is 0. The van der Waals surface area contributed by atoms with Crippen LogP contribution in [0.4, 0.5) is 5.69 Å². The molecule has 25 heavy (non-hydrogen) atoms. The highest BCUT2D eigenvalue weighted by atomic mass is 16.5. The van der Waals surface area contributed by atoms with E-state index in [4.69, 9.17) is 4.74 Å². The van der Waals surface area contributed by atoms with Gasteiger partial charge in [-0.3, -0.25) is 19.3 Å². The zero-order valence-corrected chi connectivity index (χ0v) is 14.4. The maximum Gasteiger partial charge on any atom is 0.247 e. The number of hydrogen-bond acceptors (Lipinski definition) is 4. The summed E-state index contributed by atoms with van der Waals surface area (Å²) >= 11 is 0. The van der Waals surface area contributed by atoms with E-state index in [0.717, 1.165) is 10.6 Å². The molecule has 0 saturated carbocycles. The van der Waals surface area contributed by atoms with Gasteiger partial charge < -0.3 is 10.1 Å². The third-order valence-electron chi connectivity index (χ3n) is 4.74. The number of benzene rings is 1. The molecule has 1 aromatic rings. The van der Waals surface area contributed by atoms with Crippen LogP contribution in [-0.2, 0) is 14.4 Å². The molecule has 0 aromatic heterocycles. The van der Waals surface area contributed by atoms with E-state index in [1.807, 2.05) is 19.1 Å². The Balaban J connectivity index is 1.68. The molecule has 3 rings (SSSR count). The van der Waals surface area contributed by atoms with E-state index < -0.39 is 6.04 Å². The van der Waals surface area contributed by atoms with Crippen molar-refractivity contribution in [3.63, 3.8) is 0 Å². The Labute approximate surface area is 146 Å². The predicted octanol–water partition coefficient (Wildman–Crippen LogP) is 2.36. The fourth-order valence-electron chi connectivity index (χ4n) is 3.37. The van der Waals surface area contributed by atoms with E-state index in [1.165, 1.54) is 0 Å². The van der Waals surface area contributed by atoms with Crippen molar-refractivity contribution in [2.45, 2.75) is 32.7 Å². The highest BCUT2D eigenvalue weighted by Gasteiger charge is 2.50. The van der Waals surface area contributed by atoms with E-state index in [2.05, 4.69) is 5.32 Å². The number of allylic oxidation sites excluding steroid dienone is 2. The van der Waals surface area contributed by atoms with E-state index in [-0.39, 0.29) is 29.6 Å². The number of anilines is 1. The predicted molar refractivity (Wildman–Crippen MR) is 92.9 cm³/mol. The molecule has 1 heterocycles. The highest BCUT2D eigenvalue weighted by molar-refractivity contribution is 6.10. The maximum absolute atomic E-state index is 12.5. The van der Waals surface area contributed by atoms with Gasteiger partial charge in [0.2, 0.25) is 17.7 Å². The fraction of sp³-hybridized carbons (Fsp3) is 0.421. The van der Waals surface area contributed by atoms with Gasteiger partial charge in [-0.1, -0.05) is 12.2 Å². The van der Waals surface area contributed by atoms with Crippen LogP contribution < -0.4 is 10.1 Å². The lowest BCUT2D eigenvalue weighted by Gasteiger charge is -2.22. The van der Waals surface area contributed by atoms with Gasteiger partial charge in [0.25, 0.3) is 0 Å². The van der Waals surface area contributed by atoms with Crippen molar-refractivity contribution in [2.24, 2.45) is 11.8 Å². The number of rotatable bonds is 5. The summed E-state index contributed by atoms with van der Waals surface area (Å²) in [6.45, 7) is 4.05. The minimum atomic E-state index is -0.836. The first-order valence-corrected chi connectivity index (χ1v) is 8.58. The van der Waals surface area contributed by atoms with Gasteiger partial charge in [0.1, 0.15) is 11.8 Å². The summed E-state index contributed by atoms with van der Waals surface area (Å²) in [5, 5.41) is 2.75. The topological polar surface area (TPSA) is 75.7 Å². The van der Waals surface area contributed by atoms with Crippen molar-refractivity contribution in [2.75, 3.05) is 11.9 Å². The average molecular weight is 342 g/mol. The second-order valence-electron chi connectivity index (χ2n) is 6.32. The molecule has 1 aliphatic heterocycles. The quantitative estimate of drug-likeness (QED) is 0.658. The van der Waals surface area contributed by atoms with Gasteiger partial charge in [0.05, 0.1) is 18.4 Å². The van der Waals surface area contributed by atoms with E-state index >= 15 is 0 Å². The van der Waals surface area contributed by atoms with E-state index in [1.54, 1.807) is 31.2 Å². The number of ether oxygens (including phenoxy) is 1. The van der Waals surface area contributed by atoms with Crippen LogP contribution in [0, 0.1) is 11.8 Å². The number of fused-ring (bicyclic) bond motifs is 1. The van der Waals surface area contributed by atoms with Crippen molar-refractivity contribution in [3.8, 4) is 5.75 Å². The molecule has 0 bridgehead atoms. The number of nitrogens with one attached hydrogen (secondary N) is 1. The van der Waals surface area contributed by atoms with Crippen molar-refractivity contribution < 1.29 is 19.1 Å². The number of hydrogen-bond donors (Lipinski definition) is 1. The van der Waals surface area contributed by atoms with E-state index in [0.29, 0.717) is 25.1 Å². The Kier molecular flexibility index (Phi) is 4.88. The molecule has 0 spiro atoms. The summed E-state index contributed by atoms with van der Waals surface area (Å²) in [4.78, 5) is 38.7. The number of amides is 3. The lowest BCUT2D eigenvalue weighted by molar-refractivity contribution is -0.146. The Morgan fingerprint density at radius 3 is 2.24 bits per heavy atom. The smallest absolute Gasteiger partial charge is 0.247 e. The molecule has 6 heteroatoms. The minimum Gasteiger partial charge on any atom is -0.494 e. The normalized spacial score (nSPS) is 23.4. The summed E-state index contributed by atoms with van der Waals surface area (Å²) in [6, 6.07) is 6.14. The van der Waals surface area contributed by atoms with Crippen LogP contribution in [0.2, 0.25) is 0 Å². The molecule has 1 saturated heterocycles. The monoisotopic (exact) mass is 342 g/mol. The standard InChI is InChI=1S/C19H22N2O4/c1-3-25-14-10-8-13(9-11-14)20-17(22)12(2)21-18(23)15-6-4-5-7-16(15)19(21)24/h4-5,8-12,15-16H,3,6-7H2,1-2H3,(H,20,22)/t12-,15-,16-/m0/s1. The van der Waals surface area contributed by atoms with Crippen molar-refractivity contribution in [1.29, 1.82) is 0 Å². The van der Waals surface area contributed by atoms with Gasteiger partial charge in [-0.2, -0.15) is 0 Å². The lowest BCUT2D eigenvalue weighted by Crippen LogP contribution is -2.46. The maximum atomic E-state index is 12.5. The van der Waals surface area contributed by atoms with Crippen molar-refractivity contribution >= 4 is 23.4 Å². The zero-order chi connectivity index (χ0) is 18.0. The Hall–Kier alpha value is -2.63. The van der Waals surface area contributed by atoms with E-state index in [9.17, 15) is 14.4 Å². The molecule has 1 aromatic carbocycles. The molecule has 132 valence electrons. The van der Waals surface area contributed by atoms with Crippen LogP contribution in [0.3, 0.4) is 0 Å². The third-order valence-corrected chi connectivity index (χ3v) is 4.74. The van der Waals surface area contributed by atoms with Gasteiger partial charge in [-0.25, -0.2) is 0 Å². The molecule has 1 N–H and O–H groups in total. The summed E-state index contributed by atoms with van der Waals surface area (Å²) < 4.78 is 5.36. The lowest BCUT2D eigenvalue weighted by atomic mass is 9.85. The number of likely N-dealkylation sites (tertiary alicyclic amines) is 1. The third kappa shape index (κ3) is 3.29. The van der Waals surface area contributed by atoms with Crippen molar-refractivity contribution in [3.05, 3.63) is 36.4 Å². The van der Waals surface area contributed by atoms with Gasteiger partial charge >= 0.3 is 0 Å².